The van der Waals surface area contributed by atoms with Crippen LogP contribution in [0.15, 0.2) is 24.3 Å². The van der Waals surface area contributed by atoms with Gasteiger partial charge in [-0.1, -0.05) is 26.0 Å². The fraction of sp³-hybridized carbons (Fsp3) is 0.538. The van der Waals surface area contributed by atoms with Gasteiger partial charge in [-0.25, -0.2) is 13.0 Å². The maximum Gasteiger partial charge on any atom is 0.155 e. The Morgan fingerprint density at radius 2 is 1.89 bits per heavy atom. The quantitative estimate of drug-likeness (QED) is 0.759. The van der Waals surface area contributed by atoms with Crippen molar-refractivity contribution in [2.24, 2.45) is 5.92 Å². The molecular weight excluding hydrogens is 272 g/mol. The zero-order chi connectivity index (χ0) is 14.4. The molecule has 0 aliphatic rings. The summed E-state index contributed by atoms with van der Waals surface area (Å²) < 4.78 is 45.4. The smallest absolute Gasteiger partial charge is 0.155 e. The summed E-state index contributed by atoms with van der Waals surface area (Å²) in [7, 11) is 0. The summed E-state index contributed by atoms with van der Waals surface area (Å²) in [5.74, 6) is -0.524. The number of alkyl halides is 1. The van der Waals surface area contributed by atoms with E-state index in [-0.39, 0.29) is 24.3 Å². The third-order valence-electron chi connectivity index (χ3n) is 2.78. The van der Waals surface area contributed by atoms with Crippen LogP contribution in [0.5, 0.6) is 0 Å². The molecule has 0 aromatic heterocycles. The third-order valence-corrected chi connectivity index (χ3v) is 3.43. The minimum absolute atomic E-state index is 0.00742. The Hall–Kier alpha value is -0.850. The monoisotopic (exact) mass is 291 g/mol. The molecule has 0 aliphatic carbocycles. The van der Waals surface area contributed by atoms with E-state index in [1.54, 1.807) is 12.1 Å². The van der Waals surface area contributed by atoms with Crippen LogP contribution < -0.4 is 5.32 Å². The molecule has 0 heterocycles. The molecule has 1 aromatic carbocycles. The highest BCUT2D eigenvalue weighted by molar-refractivity contribution is 7.79. The fourth-order valence-corrected chi connectivity index (χ4v) is 2.30. The van der Waals surface area contributed by atoms with Crippen LogP contribution in [0.2, 0.25) is 0 Å². The first-order valence-electron chi connectivity index (χ1n) is 6.10. The number of hydrogen-bond donors (Lipinski definition) is 2. The van der Waals surface area contributed by atoms with Gasteiger partial charge in [-0.05, 0) is 23.6 Å². The average molecular weight is 291 g/mol. The second-order valence-electron chi connectivity index (χ2n) is 4.77. The highest BCUT2D eigenvalue weighted by Gasteiger charge is 2.18. The van der Waals surface area contributed by atoms with Crippen molar-refractivity contribution in [3.63, 3.8) is 0 Å². The van der Waals surface area contributed by atoms with Crippen molar-refractivity contribution < 1.29 is 17.5 Å². The average Bonchev–Trinajstić information content (AvgIpc) is 2.30. The molecule has 19 heavy (non-hydrogen) atoms. The van der Waals surface area contributed by atoms with Crippen molar-refractivity contribution in [2.45, 2.75) is 26.1 Å². The zero-order valence-corrected chi connectivity index (χ0v) is 11.8. The van der Waals surface area contributed by atoms with Crippen molar-refractivity contribution in [1.29, 1.82) is 0 Å². The van der Waals surface area contributed by atoms with Crippen LogP contribution in [0.3, 0.4) is 0 Å². The van der Waals surface area contributed by atoms with E-state index in [0.29, 0.717) is 0 Å². The predicted molar refractivity (Wildman–Crippen MR) is 72.5 cm³/mol. The Bertz CT molecular complexity index is 412. The lowest BCUT2D eigenvalue weighted by Gasteiger charge is -2.23. The van der Waals surface area contributed by atoms with Gasteiger partial charge in [0.05, 0.1) is 5.75 Å². The molecule has 3 unspecified atom stereocenters. The highest BCUT2D eigenvalue weighted by Crippen LogP contribution is 2.21. The SMILES string of the molecule is CC(C)C(NCC(F)CS(=O)O)c1ccc(F)cc1. The van der Waals surface area contributed by atoms with E-state index >= 15 is 0 Å². The van der Waals surface area contributed by atoms with Gasteiger partial charge in [-0.3, -0.25) is 0 Å². The summed E-state index contributed by atoms with van der Waals surface area (Å²) >= 11 is -2.13. The molecular formula is C13H19F2NO2S. The summed E-state index contributed by atoms with van der Waals surface area (Å²) in [5.41, 5.74) is 0.869. The van der Waals surface area contributed by atoms with E-state index in [0.717, 1.165) is 5.56 Å². The topological polar surface area (TPSA) is 49.3 Å². The van der Waals surface area contributed by atoms with Crippen LogP contribution in [-0.4, -0.2) is 27.2 Å². The number of nitrogens with one attached hydrogen (secondary N) is 1. The summed E-state index contributed by atoms with van der Waals surface area (Å²) in [6, 6.07) is 5.92. The normalized spacial score (nSPS) is 16.3. The van der Waals surface area contributed by atoms with Gasteiger partial charge in [0.1, 0.15) is 12.0 Å². The maximum atomic E-state index is 13.4. The molecule has 3 atom stereocenters. The molecule has 0 spiro atoms. The minimum Gasteiger partial charge on any atom is -0.307 e. The lowest BCUT2D eigenvalue weighted by molar-refractivity contribution is 0.308. The summed E-state index contributed by atoms with van der Waals surface area (Å²) in [5, 5.41) is 3.02. The van der Waals surface area contributed by atoms with Crippen LogP contribution in [0, 0.1) is 11.7 Å². The summed E-state index contributed by atoms with van der Waals surface area (Å²) in [6.07, 6.45) is -1.38. The first kappa shape index (κ1) is 16.2. The standard InChI is InChI=1S/C13H19F2NO2S/c1-9(2)13(10-3-5-11(14)6-4-10)16-7-12(15)8-19(17)18/h3-6,9,12-13,16H,7-8H2,1-2H3,(H,17,18). The molecule has 0 bridgehead atoms. The highest BCUT2D eigenvalue weighted by atomic mass is 32.2. The van der Waals surface area contributed by atoms with E-state index in [2.05, 4.69) is 5.32 Å². The largest absolute Gasteiger partial charge is 0.307 e. The lowest BCUT2D eigenvalue weighted by Crippen LogP contribution is -2.33. The van der Waals surface area contributed by atoms with Gasteiger partial charge >= 0.3 is 0 Å². The van der Waals surface area contributed by atoms with Crippen molar-refractivity contribution in [2.75, 3.05) is 12.3 Å². The van der Waals surface area contributed by atoms with Crippen molar-refractivity contribution in [1.82, 2.24) is 5.32 Å². The second kappa shape index (κ2) is 7.67. The first-order valence-corrected chi connectivity index (χ1v) is 7.38. The Kier molecular flexibility index (Phi) is 6.54. The molecule has 0 saturated carbocycles. The Morgan fingerprint density at radius 3 is 2.37 bits per heavy atom. The molecule has 0 radical (unpaired) electrons. The lowest BCUT2D eigenvalue weighted by atomic mass is 9.96. The number of hydrogen-bond acceptors (Lipinski definition) is 2. The van der Waals surface area contributed by atoms with Crippen LogP contribution in [-0.2, 0) is 11.1 Å². The number of halogens is 2. The Labute approximate surface area is 114 Å². The molecule has 108 valence electrons. The number of rotatable bonds is 7. The maximum absolute atomic E-state index is 13.4. The van der Waals surface area contributed by atoms with Crippen molar-refractivity contribution >= 4 is 11.1 Å². The van der Waals surface area contributed by atoms with Crippen molar-refractivity contribution in [3.8, 4) is 0 Å². The second-order valence-corrected chi connectivity index (χ2v) is 5.74. The molecule has 0 amide bonds. The molecule has 1 rings (SSSR count). The van der Waals surface area contributed by atoms with Gasteiger partial charge in [0.2, 0.25) is 0 Å². The molecule has 2 N–H and O–H groups in total. The summed E-state index contributed by atoms with van der Waals surface area (Å²) in [4.78, 5) is 0. The molecule has 0 saturated heterocycles. The van der Waals surface area contributed by atoms with Crippen LogP contribution in [0.25, 0.3) is 0 Å². The van der Waals surface area contributed by atoms with Crippen LogP contribution in [0.4, 0.5) is 8.78 Å². The fourth-order valence-electron chi connectivity index (χ4n) is 1.88. The van der Waals surface area contributed by atoms with E-state index in [1.807, 2.05) is 13.8 Å². The van der Waals surface area contributed by atoms with Gasteiger partial charge in [-0.15, -0.1) is 0 Å². The number of benzene rings is 1. The van der Waals surface area contributed by atoms with Gasteiger partial charge < -0.3 is 9.87 Å². The van der Waals surface area contributed by atoms with Gasteiger partial charge in [0.25, 0.3) is 0 Å². The van der Waals surface area contributed by atoms with E-state index in [4.69, 9.17) is 4.55 Å². The summed E-state index contributed by atoms with van der Waals surface area (Å²) in [6.45, 7) is 3.93. The van der Waals surface area contributed by atoms with E-state index in [1.165, 1.54) is 12.1 Å². The van der Waals surface area contributed by atoms with E-state index < -0.39 is 23.0 Å². The van der Waals surface area contributed by atoms with Gasteiger partial charge in [0, 0.05) is 12.6 Å². The molecule has 0 fully saturated rings. The van der Waals surface area contributed by atoms with Crippen LogP contribution in [0.1, 0.15) is 25.5 Å². The molecule has 3 nitrogen and oxygen atoms in total. The van der Waals surface area contributed by atoms with Gasteiger partial charge in [-0.2, -0.15) is 0 Å². The predicted octanol–water partition coefficient (Wildman–Crippen LogP) is 2.67. The Balaban J connectivity index is 2.63. The minimum atomic E-state index is -2.13. The molecule has 0 aliphatic heterocycles. The molecule has 1 aromatic rings. The first-order chi connectivity index (χ1) is 8.90. The van der Waals surface area contributed by atoms with Crippen LogP contribution >= 0.6 is 0 Å². The third kappa shape index (κ3) is 5.76. The zero-order valence-electron chi connectivity index (χ0n) is 11.0. The van der Waals surface area contributed by atoms with Gasteiger partial charge in [0.15, 0.2) is 11.1 Å². The molecule has 6 heteroatoms. The van der Waals surface area contributed by atoms with Crippen molar-refractivity contribution in [3.05, 3.63) is 35.6 Å². The van der Waals surface area contributed by atoms with E-state index in [9.17, 15) is 13.0 Å². The Morgan fingerprint density at radius 1 is 1.32 bits per heavy atom.